The van der Waals surface area contributed by atoms with Crippen molar-refractivity contribution in [3.8, 4) is 11.5 Å². The van der Waals surface area contributed by atoms with Gasteiger partial charge in [0.15, 0.2) is 5.78 Å². The molecule has 19 heavy (non-hydrogen) atoms. The van der Waals surface area contributed by atoms with E-state index < -0.39 is 5.78 Å². The zero-order valence-corrected chi connectivity index (χ0v) is 11.3. The van der Waals surface area contributed by atoms with Gasteiger partial charge in [-0.1, -0.05) is 24.3 Å². The van der Waals surface area contributed by atoms with E-state index in [1.54, 1.807) is 0 Å². The average Bonchev–Trinajstić information content (AvgIpc) is 2.35. The Kier molecular flexibility index (Phi) is 3.34. The third-order valence-electron chi connectivity index (χ3n) is 3.03. The summed E-state index contributed by atoms with van der Waals surface area (Å²) in [5.41, 5.74) is 0.240. The van der Waals surface area contributed by atoms with Gasteiger partial charge in [-0.25, -0.2) is 0 Å². The molecule has 0 atom stereocenters. The fraction of sp³-hybridized carbons (Fsp3) is 0. The molecule has 0 saturated carbocycles. The zero-order chi connectivity index (χ0) is 12.9. The third kappa shape index (κ3) is 1.82. The largest absolute Gasteiger partial charge is 2.00 e. The van der Waals surface area contributed by atoms with Gasteiger partial charge in [0.1, 0.15) is 11.5 Å². The van der Waals surface area contributed by atoms with Crippen LogP contribution in [0.2, 0.25) is 0 Å². The van der Waals surface area contributed by atoms with Crippen LogP contribution in [0.3, 0.4) is 0 Å². The Morgan fingerprint density at radius 3 is 1.58 bits per heavy atom. The Morgan fingerprint density at radius 1 is 0.737 bits per heavy atom. The Balaban J connectivity index is 0.00000133. The molecule has 0 fully saturated rings. The molecule has 3 rings (SSSR count). The topological polar surface area (TPSA) is 74.6 Å². The van der Waals surface area contributed by atoms with Crippen molar-refractivity contribution in [1.82, 2.24) is 0 Å². The van der Waals surface area contributed by atoms with Gasteiger partial charge in [-0.05, 0) is 12.1 Å². The Morgan fingerprint density at radius 2 is 1.16 bits per heavy atom. The molecule has 1 aliphatic rings. The summed E-state index contributed by atoms with van der Waals surface area (Å²) in [7, 11) is 0. The second-order valence-corrected chi connectivity index (χ2v) is 4.06. The van der Waals surface area contributed by atoms with E-state index in [1.807, 2.05) is 0 Å². The monoisotopic (exact) mass is 266 g/mol. The molecule has 0 spiro atoms. The summed E-state index contributed by atoms with van der Waals surface area (Å²) in [6.07, 6.45) is 0. The predicted molar refractivity (Wildman–Crippen MR) is 71.1 cm³/mol. The van der Waals surface area contributed by atoms with Crippen molar-refractivity contribution in [1.29, 1.82) is 0 Å². The normalized spacial score (nSPS) is 12.4. The van der Waals surface area contributed by atoms with E-state index in [-0.39, 0.29) is 65.4 Å². The molecular formula is C14H10MgO4. The molecule has 92 valence electrons. The van der Waals surface area contributed by atoms with Crippen LogP contribution in [-0.4, -0.2) is 44.8 Å². The van der Waals surface area contributed by atoms with E-state index in [0.717, 1.165) is 0 Å². The van der Waals surface area contributed by atoms with Gasteiger partial charge >= 0.3 is 23.1 Å². The van der Waals surface area contributed by atoms with Crippen molar-refractivity contribution in [3.05, 3.63) is 58.7 Å². The predicted octanol–water partition coefficient (Wildman–Crippen LogP) is 1.72. The molecule has 2 N–H and O–H groups in total. The van der Waals surface area contributed by atoms with E-state index in [2.05, 4.69) is 0 Å². The van der Waals surface area contributed by atoms with Gasteiger partial charge in [0.25, 0.3) is 0 Å². The standard InChI is InChI=1S/C14H8O4.Mg.2H/c15-9-5-1-3-7-11(9)14(18)12-8(13(7)17)4-2-6-10(12)16;;;/h1-6,15-16H;;;/q;+2;2*-1. The Labute approximate surface area is 127 Å². The van der Waals surface area contributed by atoms with Gasteiger partial charge in [0.05, 0.1) is 11.1 Å². The van der Waals surface area contributed by atoms with Crippen molar-refractivity contribution in [2.45, 2.75) is 0 Å². The SMILES string of the molecule is O=C1c2cccc(O)c2C(=O)c2c(O)cccc21.[H-].[H-].[Mg+2]. The van der Waals surface area contributed by atoms with E-state index >= 15 is 0 Å². The number of rotatable bonds is 0. The molecule has 2 aromatic rings. The summed E-state index contributed by atoms with van der Waals surface area (Å²) in [4.78, 5) is 24.4. The first-order valence-electron chi connectivity index (χ1n) is 5.34. The van der Waals surface area contributed by atoms with Crippen LogP contribution >= 0.6 is 0 Å². The quantitative estimate of drug-likeness (QED) is 0.608. The number of fused-ring (bicyclic) bond motifs is 2. The Bertz CT molecular complexity index is 659. The molecule has 5 heteroatoms. The van der Waals surface area contributed by atoms with Gasteiger partial charge < -0.3 is 13.1 Å². The summed E-state index contributed by atoms with van der Waals surface area (Å²) in [6, 6.07) is 8.68. The van der Waals surface area contributed by atoms with E-state index in [1.165, 1.54) is 36.4 Å². The molecule has 0 aliphatic heterocycles. The molecule has 0 amide bonds. The summed E-state index contributed by atoms with van der Waals surface area (Å²) in [5.74, 6) is -1.40. The number of carbonyl (C=O) groups is 2. The second kappa shape index (κ2) is 4.68. The number of hydrogen-bond donors (Lipinski definition) is 2. The van der Waals surface area contributed by atoms with Crippen LogP contribution in [0.5, 0.6) is 11.5 Å². The Hall–Kier alpha value is -1.85. The van der Waals surface area contributed by atoms with Crippen molar-refractivity contribution < 1.29 is 22.7 Å². The van der Waals surface area contributed by atoms with Crippen LogP contribution in [0.15, 0.2) is 36.4 Å². The number of benzene rings is 2. The number of phenolic OH excluding ortho intramolecular Hbond substituents is 2. The minimum Gasteiger partial charge on any atom is -1.00 e. The smallest absolute Gasteiger partial charge is 1.00 e. The molecule has 0 aromatic heterocycles. The number of phenols is 2. The van der Waals surface area contributed by atoms with E-state index in [9.17, 15) is 19.8 Å². The van der Waals surface area contributed by atoms with Gasteiger partial charge in [-0.15, -0.1) is 0 Å². The number of carbonyl (C=O) groups excluding carboxylic acids is 2. The molecule has 1 aliphatic carbocycles. The molecular weight excluding hydrogens is 256 g/mol. The third-order valence-corrected chi connectivity index (χ3v) is 3.03. The van der Waals surface area contributed by atoms with Crippen LogP contribution in [0.25, 0.3) is 0 Å². The van der Waals surface area contributed by atoms with E-state index in [4.69, 9.17) is 0 Å². The maximum absolute atomic E-state index is 12.2. The summed E-state index contributed by atoms with van der Waals surface area (Å²) >= 11 is 0. The first-order valence-corrected chi connectivity index (χ1v) is 5.34. The molecule has 2 aromatic carbocycles. The van der Waals surface area contributed by atoms with Gasteiger partial charge in [-0.3, -0.25) is 9.59 Å². The van der Waals surface area contributed by atoms with Crippen LogP contribution in [0.4, 0.5) is 0 Å². The molecule has 0 saturated heterocycles. The fourth-order valence-electron chi connectivity index (χ4n) is 2.21. The molecule has 0 heterocycles. The summed E-state index contributed by atoms with van der Waals surface area (Å²) < 4.78 is 0. The van der Waals surface area contributed by atoms with Crippen LogP contribution in [0, 0.1) is 0 Å². The number of ketones is 2. The second-order valence-electron chi connectivity index (χ2n) is 4.06. The molecule has 4 nitrogen and oxygen atoms in total. The van der Waals surface area contributed by atoms with Crippen molar-refractivity contribution in [2.75, 3.05) is 0 Å². The van der Waals surface area contributed by atoms with Crippen LogP contribution in [0.1, 0.15) is 34.7 Å². The van der Waals surface area contributed by atoms with Gasteiger partial charge in [0.2, 0.25) is 5.78 Å². The maximum atomic E-state index is 12.2. The first kappa shape index (κ1) is 13.6. The van der Waals surface area contributed by atoms with Gasteiger partial charge in [0, 0.05) is 11.1 Å². The maximum Gasteiger partial charge on any atom is 2.00 e. The summed E-state index contributed by atoms with van der Waals surface area (Å²) in [6.45, 7) is 0. The first-order chi connectivity index (χ1) is 8.61. The summed E-state index contributed by atoms with van der Waals surface area (Å²) in [5, 5.41) is 19.4. The average molecular weight is 267 g/mol. The minimum absolute atomic E-state index is 0. The molecule has 0 radical (unpaired) electrons. The molecule has 0 unspecified atom stereocenters. The zero-order valence-electron chi connectivity index (χ0n) is 11.9. The van der Waals surface area contributed by atoms with Gasteiger partial charge in [-0.2, -0.15) is 0 Å². The van der Waals surface area contributed by atoms with E-state index in [0.29, 0.717) is 0 Å². The van der Waals surface area contributed by atoms with Crippen LogP contribution < -0.4 is 0 Å². The number of aromatic hydroxyl groups is 2. The van der Waals surface area contributed by atoms with Crippen LogP contribution in [-0.2, 0) is 0 Å². The molecule has 0 bridgehead atoms. The number of hydrogen-bond acceptors (Lipinski definition) is 4. The minimum atomic E-state index is -0.532. The van der Waals surface area contributed by atoms with Crippen molar-refractivity contribution in [3.63, 3.8) is 0 Å². The van der Waals surface area contributed by atoms with Crippen molar-refractivity contribution in [2.24, 2.45) is 0 Å². The fourth-order valence-corrected chi connectivity index (χ4v) is 2.21. The van der Waals surface area contributed by atoms with Crippen molar-refractivity contribution >= 4 is 34.6 Å².